The lowest BCUT2D eigenvalue weighted by Crippen LogP contribution is -2.50. The normalized spacial score (nSPS) is 20.7. The first-order valence-corrected chi connectivity index (χ1v) is 16.3. The van der Waals surface area contributed by atoms with Crippen LogP contribution in [-0.2, 0) is 16.9 Å². The first kappa shape index (κ1) is 26.2. The molecule has 0 saturated heterocycles. The van der Waals surface area contributed by atoms with Crippen molar-refractivity contribution >= 4 is 41.8 Å². The monoisotopic (exact) mass is 600 g/mol. The zero-order valence-electron chi connectivity index (χ0n) is 22.1. The Bertz CT molecular complexity index is 1390. The van der Waals surface area contributed by atoms with Gasteiger partial charge in [-0.15, -0.1) is 0 Å². The second-order valence-electron chi connectivity index (χ2n) is 11.2. The van der Waals surface area contributed by atoms with E-state index < -0.39 is 8.32 Å². The maximum absolute atomic E-state index is 13.6. The molecule has 2 atom stereocenters. The fraction of sp³-hybridized carbons (Fsp3) is 0.414. The summed E-state index contributed by atoms with van der Waals surface area (Å²) in [5.74, 6) is 0. The summed E-state index contributed by atoms with van der Waals surface area (Å²) in [6.45, 7) is 15.8. The number of aromatic nitrogens is 2. The number of aryl methyl sites for hydroxylation is 2. The molecule has 2 aromatic heterocycles. The van der Waals surface area contributed by atoms with Crippen LogP contribution in [0.2, 0.25) is 18.1 Å². The molecular weight excluding hydrogens is 563 g/mol. The molecule has 2 heterocycles. The Morgan fingerprint density at radius 1 is 1.17 bits per heavy atom. The minimum atomic E-state index is -2.05. The van der Waals surface area contributed by atoms with Crippen molar-refractivity contribution < 1.29 is 4.43 Å². The summed E-state index contributed by atoms with van der Waals surface area (Å²) in [5, 5.41) is 1.11. The fourth-order valence-corrected chi connectivity index (χ4v) is 6.94. The average molecular weight is 601 g/mol. The Morgan fingerprint density at radius 3 is 2.49 bits per heavy atom. The highest BCUT2D eigenvalue weighted by atomic mass is 127. The molecule has 4 nitrogen and oxygen atoms in total. The van der Waals surface area contributed by atoms with Crippen LogP contribution in [0.15, 0.2) is 65.6 Å². The van der Waals surface area contributed by atoms with Gasteiger partial charge in [0.2, 0.25) is 0 Å². The van der Waals surface area contributed by atoms with E-state index in [9.17, 15) is 4.79 Å². The molecule has 6 heteroatoms. The summed E-state index contributed by atoms with van der Waals surface area (Å²) in [6, 6.07) is 10.4. The van der Waals surface area contributed by atoms with Gasteiger partial charge in [-0.2, -0.15) is 0 Å². The van der Waals surface area contributed by atoms with E-state index in [0.29, 0.717) is 0 Å². The second kappa shape index (κ2) is 9.20. The van der Waals surface area contributed by atoms with Gasteiger partial charge in [-0.1, -0.05) is 70.2 Å². The summed E-state index contributed by atoms with van der Waals surface area (Å²) in [6.07, 6.45) is 11.6. The van der Waals surface area contributed by atoms with E-state index in [1.165, 1.54) is 0 Å². The van der Waals surface area contributed by atoms with E-state index >= 15 is 0 Å². The van der Waals surface area contributed by atoms with Crippen molar-refractivity contribution in [2.75, 3.05) is 0 Å². The molecule has 0 amide bonds. The van der Waals surface area contributed by atoms with E-state index in [2.05, 4.69) is 117 Å². The molecule has 0 radical (unpaired) electrons. The van der Waals surface area contributed by atoms with Crippen molar-refractivity contribution in [3.05, 3.63) is 86.0 Å². The molecule has 0 N–H and O–H groups in total. The standard InChI is InChI=1S/C29H37IN2O2Si/c1-9-29(17-13-12-16-24(29)34-35(7,8)28(3,4)5)22-19-31(6)27(33)26-21(22)18-25(30)32(26)23-15-11-10-14-20(23)2/h10-19,24H,9H2,1-8H3. The van der Waals surface area contributed by atoms with Crippen LogP contribution in [0.3, 0.4) is 0 Å². The van der Waals surface area contributed by atoms with Crippen LogP contribution in [-0.4, -0.2) is 23.6 Å². The molecular formula is C29H37IN2O2Si. The lowest BCUT2D eigenvalue weighted by molar-refractivity contribution is 0.153. The molecule has 186 valence electrons. The fourth-order valence-electron chi connectivity index (χ4n) is 4.86. The highest BCUT2D eigenvalue weighted by Crippen LogP contribution is 2.46. The molecule has 0 bridgehead atoms. The molecule has 0 spiro atoms. The van der Waals surface area contributed by atoms with Gasteiger partial charge in [0.15, 0.2) is 8.32 Å². The number of nitrogens with zero attached hydrogens (tertiary/aromatic N) is 2. The Labute approximate surface area is 224 Å². The number of halogens is 1. The Morgan fingerprint density at radius 2 is 1.86 bits per heavy atom. The molecule has 1 aromatic carbocycles. The summed E-state index contributed by atoms with van der Waals surface area (Å²) < 4.78 is 12.0. The predicted octanol–water partition coefficient (Wildman–Crippen LogP) is 7.41. The number of pyridine rings is 1. The van der Waals surface area contributed by atoms with Crippen molar-refractivity contribution in [1.82, 2.24) is 9.13 Å². The van der Waals surface area contributed by atoms with Crippen molar-refractivity contribution in [3.63, 3.8) is 0 Å². The van der Waals surface area contributed by atoms with Crippen LogP contribution in [0.25, 0.3) is 16.6 Å². The van der Waals surface area contributed by atoms with Gasteiger partial charge in [-0.05, 0) is 77.3 Å². The number of rotatable bonds is 5. The zero-order valence-corrected chi connectivity index (χ0v) is 25.3. The molecule has 2 unspecified atom stereocenters. The number of para-hydroxylation sites is 1. The summed E-state index contributed by atoms with van der Waals surface area (Å²) >= 11 is 2.36. The predicted molar refractivity (Wildman–Crippen MR) is 158 cm³/mol. The number of allylic oxidation sites excluding steroid dienone is 2. The zero-order chi connectivity index (χ0) is 25.8. The van der Waals surface area contributed by atoms with Gasteiger partial charge in [0, 0.05) is 29.7 Å². The lowest BCUT2D eigenvalue weighted by atomic mass is 9.71. The maximum atomic E-state index is 13.6. The van der Waals surface area contributed by atoms with Gasteiger partial charge < -0.3 is 8.99 Å². The number of benzene rings is 1. The van der Waals surface area contributed by atoms with Gasteiger partial charge in [0.1, 0.15) is 5.52 Å². The van der Waals surface area contributed by atoms with Crippen molar-refractivity contribution in [2.45, 2.75) is 70.7 Å². The number of hydrogen-bond donors (Lipinski definition) is 0. The van der Waals surface area contributed by atoms with Crippen LogP contribution in [0.5, 0.6) is 0 Å². The largest absolute Gasteiger partial charge is 0.409 e. The first-order valence-electron chi connectivity index (χ1n) is 12.3. The van der Waals surface area contributed by atoms with E-state index in [-0.39, 0.29) is 22.1 Å². The molecule has 0 fully saturated rings. The molecule has 0 aliphatic heterocycles. The van der Waals surface area contributed by atoms with Crippen LogP contribution >= 0.6 is 22.6 Å². The summed E-state index contributed by atoms with van der Waals surface area (Å²) in [5.41, 5.74) is 3.70. The van der Waals surface area contributed by atoms with Crippen LogP contribution in [0, 0.1) is 10.6 Å². The van der Waals surface area contributed by atoms with Crippen molar-refractivity contribution in [3.8, 4) is 5.69 Å². The highest BCUT2D eigenvalue weighted by Gasteiger charge is 2.46. The molecule has 1 aliphatic rings. The minimum absolute atomic E-state index is 0.0124. The molecule has 4 rings (SSSR count). The van der Waals surface area contributed by atoms with E-state index in [4.69, 9.17) is 4.43 Å². The second-order valence-corrected chi connectivity index (χ2v) is 17.1. The third kappa shape index (κ3) is 4.31. The third-order valence-corrected chi connectivity index (χ3v) is 13.3. The maximum Gasteiger partial charge on any atom is 0.275 e. The van der Waals surface area contributed by atoms with Crippen LogP contribution in [0.4, 0.5) is 0 Å². The smallest absolute Gasteiger partial charge is 0.275 e. The minimum Gasteiger partial charge on any atom is -0.409 e. The number of fused-ring (bicyclic) bond motifs is 1. The quantitative estimate of drug-likeness (QED) is 0.226. The molecule has 3 aromatic rings. The van der Waals surface area contributed by atoms with Crippen molar-refractivity contribution in [2.24, 2.45) is 7.05 Å². The SMILES string of the molecule is CCC1(c2cn(C)c(=O)c3c2cc(I)n3-c2ccccc2C)C=CC=CC1O[Si](C)(C)C(C)(C)C. The summed E-state index contributed by atoms with van der Waals surface area (Å²) in [7, 11) is -0.185. The average Bonchev–Trinajstić information content (AvgIpc) is 3.13. The van der Waals surface area contributed by atoms with E-state index in [0.717, 1.165) is 37.8 Å². The first-order chi connectivity index (χ1) is 16.3. The van der Waals surface area contributed by atoms with Gasteiger partial charge in [-0.25, -0.2) is 0 Å². The molecule has 35 heavy (non-hydrogen) atoms. The Kier molecular flexibility index (Phi) is 6.88. The highest BCUT2D eigenvalue weighted by molar-refractivity contribution is 14.1. The third-order valence-electron chi connectivity index (χ3n) is 8.06. The van der Waals surface area contributed by atoms with E-state index in [1.807, 2.05) is 25.4 Å². The van der Waals surface area contributed by atoms with Crippen molar-refractivity contribution in [1.29, 1.82) is 0 Å². The van der Waals surface area contributed by atoms with Gasteiger partial charge in [0.05, 0.1) is 9.80 Å². The van der Waals surface area contributed by atoms with Gasteiger partial charge >= 0.3 is 0 Å². The lowest BCUT2D eigenvalue weighted by Gasteiger charge is -2.46. The van der Waals surface area contributed by atoms with Crippen LogP contribution in [0.1, 0.15) is 45.2 Å². The van der Waals surface area contributed by atoms with Gasteiger partial charge in [-0.3, -0.25) is 9.36 Å². The number of hydrogen-bond acceptors (Lipinski definition) is 2. The Balaban J connectivity index is 2.01. The van der Waals surface area contributed by atoms with E-state index in [1.54, 1.807) is 4.57 Å². The molecule has 1 aliphatic carbocycles. The Hall–Kier alpha value is -1.90. The topological polar surface area (TPSA) is 36.2 Å². The van der Waals surface area contributed by atoms with Gasteiger partial charge in [0.25, 0.3) is 5.56 Å². The molecule has 0 saturated carbocycles. The van der Waals surface area contributed by atoms with Crippen LogP contribution < -0.4 is 5.56 Å². The summed E-state index contributed by atoms with van der Waals surface area (Å²) in [4.78, 5) is 13.6.